The van der Waals surface area contributed by atoms with Gasteiger partial charge in [-0.3, -0.25) is 10.5 Å². The van der Waals surface area contributed by atoms with Crippen molar-refractivity contribution in [3.05, 3.63) is 29.8 Å². The SMILES string of the molecule is CCCCOc1ccccc1C([NH])=O. The maximum absolute atomic E-state index is 10.9. The highest BCUT2D eigenvalue weighted by Gasteiger charge is 2.07. The minimum atomic E-state index is -0.697. The van der Waals surface area contributed by atoms with Crippen LogP contribution in [0.4, 0.5) is 0 Å². The molecule has 0 aliphatic carbocycles. The summed E-state index contributed by atoms with van der Waals surface area (Å²) in [4.78, 5) is 10.9. The fourth-order valence-corrected chi connectivity index (χ4v) is 1.11. The van der Waals surface area contributed by atoms with Gasteiger partial charge in [0.2, 0.25) is 0 Å². The third-order valence-electron chi connectivity index (χ3n) is 1.89. The molecule has 0 saturated carbocycles. The van der Waals surface area contributed by atoms with Gasteiger partial charge in [0.1, 0.15) is 5.75 Å². The van der Waals surface area contributed by atoms with Crippen molar-refractivity contribution in [3.8, 4) is 5.75 Å². The van der Waals surface area contributed by atoms with Crippen LogP contribution in [0.3, 0.4) is 0 Å². The number of amides is 1. The van der Waals surface area contributed by atoms with Crippen LogP contribution in [0.15, 0.2) is 24.3 Å². The molecule has 3 nitrogen and oxygen atoms in total. The Morgan fingerprint density at radius 1 is 1.43 bits per heavy atom. The van der Waals surface area contributed by atoms with E-state index in [1.54, 1.807) is 24.3 Å². The van der Waals surface area contributed by atoms with E-state index in [1.165, 1.54) is 0 Å². The molecule has 1 aromatic rings. The largest absolute Gasteiger partial charge is 0.493 e. The topological polar surface area (TPSA) is 50.1 Å². The Bertz CT molecular complexity index is 310. The van der Waals surface area contributed by atoms with E-state index in [9.17, 15) is 4.79 Å². The summed E-state index contributed by atoms with van der Waals surface area (Å²) in [5, 5.41) is 0. The summed E-state index contributed by atoms with van der Waals surface area (Å²) in [7, 11) is 0. The van der Waals surface area contributed by atoms with Crippen LogP contribution in [0.2, 0.25) is 0 Å². The van der Waals surface area contributed by atoms with Crippen molar-refractivity contribution in [1.29, 1.82) is 0 Å². The lowest BCUT2D eigenvalue weighted by atomic mass is 10.2. The molecular weight excluding hydrogens is 178 g/mol. The highest BCUT2D eigenvalue weighted by atomic mass is 16.5. The van der Waals surface area contributed by atoms with Crippen molar-refractivity contribution in [1.82, 2.24) is 5.73 Å². The fraction of sp³-hybridized carbons (Fsp3) is 0.364. The molecule has 0 bridgehead atoms. The molecule has 0 atom stereocenters. The molecule has 0 aliphatic heterocycles. The van der Waals surface area contributed by atoms with Gasteiger partial charge in [-0.15, -0.1) is 0 Å². The van der Waals surface area contributed by atoms with E-state index in [2.05, 4.69) is 6.92 Å². The second kappa shape index (κ2) is 5.27. The Balaban J connectivity index is 2.69. The second-order valence-electron chi connectivity index (χ2n) is 3.03. The molecule has 0 aliphatic rings. The summed E-state index contributed by atoms with van der Waals surface area (Å²) in [5.74, 6) is -0.182. The van der Waals surface area contributed by atoms with Crippen LogP contribution >= 0.6 is 0 Å². The molecular formula is C11H14NO2. The second-order valence-corrected chi connectivity index (χ2v) is 3.03. The zero-order valence-corrected chi connectivity index (χ0v) is 8.25. The van der Waals surface area contributed by atoms with Gasteiger partial charge in [-0.05, 0) is 18.6 Å². The molecule has 0 spiro atoms. The van der Waals surface area contributed by atoms with Gasteiger partial charge in [-0.2, -0.15) is 0 Å². The first-order valence-corrected chi connectivity index (χ1v) is 4.73. The summed E-state index contributed by atoms with van der Waals surface area (Å²) >= 11 is 0. The van der Waals surface area contributed by atoms with Gasteiger partial charge < -0.3 is 4.74 Å². The van der Waals surface area contributed by atoms with Crippen molar-refractivity contribution in [2.45, 2.75) is 19.8 Å². The number of rotatable bonds is 5. The Labute approximate surface area is 83.9 Å². The summed E-state index contributed by atoms with van der Waals surface area (Å²) in [6.45, 7) is 2.67. The number of hydrogen-bond donors (Lipinski definition) is 0. The van der Waals surface area contributed by atoms with E-state index in [4.69, 9.17) is 10.5 Å². The molecule has 75 valence electrons. The molecule has 1 radical (unpaired) electrons. The molecule has 1 rings (SSSR count). The van der Waals surface area contributed by atoms with Gasteiger partial charge >= 0.3 is 0 Å². The minimum absolute atomic E-state index is 0.337. The lowest BCUT2D eigenvalue weighted by Crippen LogP contribution is -2.05. The summed E-state index contributed by atoms with van der Waals surface area (Å²) in [5.41, 5.74) is 7.36. The minimum Gasteiger partial charge on any atom is -0.493 e. The lowest BCUT2D eigenvalue weighted by molar-refractivity contribution is 0.0988. The van der Waals surface area contributed by atoms with E-state index in [0.717, 1.165) is 12.8 Å². The van der Waals surface area contributed by atoms with Crippen molar-refractivity contribution in [3.63, 3.8) is 0 Å². The highest BCUT2D eigenvalue weighted by Crippen LogP contribution is 2.17. The molecule has 0 saturated heterocycles. The molecule has 1 N–H and O–H groups in total. The monoisotopic (exact) mass is 192 g/mol. The average Bonchev–Trinajstić information content (AvgIpc) is 2.19. The van der Waals surface area contributed by atoms with Crippen LogP contribution in [0, 0.1) is 0 Å². The predicted molar refractivity (Wildman–Crippen MR) is 54.3 cm³/mol. The van der Waals surface area contributed by atoms with Crippen molar-refractivity contribution < 1.29 is 9.53 Å². The third-order valence-corrected chi connectivity index (χ3v) is 1.89. The molecule has 1 aromatic carbocycles. The van der Waals surface area contributed by atoms with Crippen molar-refractivity contribution in [2.75, 3.05) is 6.61 Å². The van der Waals surface area contributed by atoms with E-state index in [-0.39, 0.29) is 0 Å². The summed E-state index contributed by atoms with van der Waals surface area (Å²) in [6, 6.07) is 6.86. The molecule has 0 fully saturated rings. The first-order chi connectivity index (χ1) is 6.75. The number of para-hydroxylation sites is 1. The first kappa shape index (κ1) is 10.6. The maximum Gasteiger partial charge on any atom is 0.273 e. The van der Waals surface area contributed by atoms with Crippen LogP contribution in [0.1, 0.15) is 30.1 Å². The number of nitrogens with one attached hydrogen (secondary N) is 1. The van der Waals surface area contributed by atoms with E-state index in [1.807, 2.05) is 0 Å². The molecule has 1 amide bonds. The highest BCUT2D eigenvalue weighted by molar-refractivity contribution is 5.94. The van der Waals surface area contributed by atoms with Crippen LogP contribution in [-0.2, 0) is 0 Å². The predicted octanol–water partition coefficient (Wildman–Crippen LogP) is 2.29. The molecule has 0 aromatic heterocycles. The molecule has 0 unspecified atom stereocenters. The van der Waals surface area contributed by atoms with Gasteiger partial charge in [0.15, 0.2) is 0 Å². The van der Waals surface area contributed by atoms with Crippen molar-refractivity contribution >= 4 is 5.91 Å². The van der Waals surface area contributed by atoms with Gasteiger partial charge in [-0.25, -0.2) is 0 Å². The van der Waals surface area contributed by atoms with E-state index < -0.39 is 5.91 Å². The van der Waals surface area contributed by atoms with Crippen LogP contribution in [-0.4, -0.2) is 12.5 Å². The Kier molecular flexibility index (Phi) is 3.98. The number of carbonyl (C=O) groups excluding carboxylic acids is 1. The van der Waals surface area contributed by atoms with Crippen molar-refractivity contribution in [2.24, 2.45) is 0 Å². The zero-order chi connectivity index (χ0) is 10.4. The molecule has 3 heteroatoms. The number of ether oxygens (including phenoxy) is 1. The number of unbranched alkanes of at least 4 members (excludes halogenated alkanes) is 1. The third kappa shape index (κ3) is 2.76. The van der Waals surface area contributed by atoms with Gasteiger partial charge in [0.05, 0.1) is 12.2 Å². The molecule has 14 heavy (non-hydrogen) atoms. The fourth-order valence-electron chi connectivity index (χ4n) is 1.11. The number of benzene rings is 1. The Morgan fingerprint density at radius 2 is 2.14 bits per heavy atom. The number of hydrogen-bond acceptors (Lipinski definition) is 2. The quantitative estimate of drug-likeness (QED) is 0.672. The van der Waals surface area contributed by atoms with Crippen LogP contribution < -0.4 is 10.5 Å². The Hall–Kier alpha value is -1.51. The maximum atomic E-state index is 10.9. The summed E-state index contributed by atoms with van der Waals surface area (Å²) in [6.07, 6.45) is 2.01. The standard InChI is InChI=1S/C11H14NO2/c1-2-3-8-14-10-7-5-4-6-9(10)11(12)13/h4-7,12H,2-3,8H2,1H3. The van der Waals surface area contributed by atoms with Gasteiger partial charge in [0, 0.05) is 0 Å². The van der Waals surface area contributed by atoms with E-state index >= 15 is 0 Å². The van der Waals surface area contributed by atoms with Crippen LogP contribution in [0.25, 0.3) is 0 Å². The lowest BCUT2D eigenvalue weighted by Gasteiger charge is -2.07. The van der Waals surface area contributed by atoms with Gasteiger partial charge in [0.25, 0.3) is 5.91 Å². The Morgan fingerprint density at radius 3 is 2.79 bits per heavy atom. The van der Waals surface area contributed by atoms with Crippen LogP contribution in [0.5, 0.6) is 5.75 Å². The average molecular weight is 192 g/mol. The normalized spacial score (nSPS) is 9.79. The van der Waals surface area contributed by atoms with Gasteiger partial charge in [-0.1, -0.05) is 25.5 Å². The summed E-state index contributed by atoms with van der Waals surface area (Å²) < 4.78 is 5.40. The zero-order valence-electron chi connectivity index (χ0n) is 8.25. The smallest absolute Gasteiger partial charge is 0.273 e. The number of carbonyl (C=O) groups is 1. The molecule has 0 heterocycles. The first-order valence-electron chi connectivity index (χ1n) is 4.73. The van der Waals surface area contributed by atoms with E-state index in [0.29, 0.717) is 17.9 Å².